The average molecular weight is 264 g/mol. The molecule has 2 aromatic rings. The second-order valence-corrected chi connectivity index (χ2v) is 4.95. The topological polar surface area (TPSA) is 43.8 Å². The number of benzene rings is 1. The highest BCUT2D eigenvalue weighted by molar-refractivity contribution is 6.30. The van der Waals surface area contributed by atoms with Crippen molar-refractivity contribution in [3.63, 3.8) is 0 Å². The Bertz CT molecular complexity index is 494. The Hall–Kier alpha value is -1.32. The number of rotatable bonds is 5. The molecule has 1 unspecified atom stereocenters. The van der Waals surface area contributed by atoms with Crippen LogP contribution in [0.25, 0.3) is 0 Å². The fourth-order valence-electron chi connectivity index (χ4n) is 2.18. The average Bonchev–Trinajstić information content (AvgIpc) is 2.85. The normalized spacial score (nSPS) is 12.6. The maximum absolute atomic E-state index is 5.98. The van der Waals surface area contributed by atoms with Crippen LogP contribution in [0.2, 0.25) is 5.02 Å². The third-order valence-corrected chi connectivity index (χ3v) is 3.44. The first-order valence-corrected chi connectivity index (χ1v) is 6.51. The highest BCUT2D eigenvalue weighted by atomic mass is 35.5. The predicted octanol–water partition coefficient (Wildman–Crippen LogP) is 2.98. The summed E-state index contributed by atoms with van der Waals surface area (Å²) in [6, 6.07) is 6.40. The molecule has 2 N–H and O–H groups in total. The Balaban J connectivity index is 2.18. The molecule has 1 aromatic heterocycles. The summed E-state index contributed by atoms with van der Waals surface area (Å²) in [5.74, 6) is 0. The summed E-state index contributed by atoms with van der Waals surface area (Å²) in [6.45, 7) is 2.77. The molecule has 0 saturated carbocycles. The molecule has 0 saturated heterocycles. The number of imidazole rings is 1. The molecule has 1 atom stereocenters. The molecule has 0 aliphatic carbocycles. The van der Waals surface area contributed by atoms with Gasteiger partial charge in [-0.25, -0.2) is 4.98 Å². The van der Waals surface area contributed by atoms with E-state index in [1.165, 1.54) is 11.1 Å². The summed E-state index contributed by atoms with van der Waals surface area (Å²) in [6.07, 6.45) is 7.55. The lowest BCUT2D eigenvalue weighted by Gasteiger charge is -2.19. The van der Waals surface area contributed by atoms with Gasteiger partial charge in [0.15, 0.2) is 0 Å². The van der Waals surface area contributed by atoms with Crippen LogP contribution >= 0.6 is 11.6 Å². The van der Waals surface area contributed by atoms with Crippen molar-refractivity contribution < 1.29 is 0 Å². The van der Waals surface area contributed by atoms with Crippen LogP contribution in [0.1, 0.15) is 23.6 Å². The number of aryl methyl sites for hydroxylation is 1. The zero-order chi connectivity index (χ0) is 13.0. The molecule has 0 radical (unpaired) electrons. The maximum atomic E-state index is 5.98. The molecule has 4 heteroatoms. The van der Waals surface area contributed by atoms with Gasteiger partial charge in [-0.15, -0.1) is 0 Å². The molecular weight excluding hydrogens is 246 g/mol. The van der Waals surface area contributed by atoms with Crippen molar-refractivity contribution in [1.82, 2.24) is 9.55 Å². The number of hydrogen-bond donors (Lipinski definition) is 1. The summed E-state index contributed by atoms with van der Waals surface area (Å²) in [5.41, 5.74) is 8.23. The SMILES string of the molecule is Cc1cc(Cl)ccc1CC(CCN)n1ccnc1. The largest absolute Gasteiger partial charge is 0.334 e. The van der Waals surface area contributed by atoms with E-state index in [-0.39, 0.29) is 0 Å². The van der Waals surface area contributed by atoms with Crippen molar-refractivity contribution in [1.29, 1.82) is 0 Å². The van der Waals surface area contributed by atoms with Gasteiger partial charge in [-0.3, -0.25) is 0 Å². The molecule has 0 amide bonds. The van der Waals surface area contributed by atoms with Gasteiger partial charge in [0.25, 0.3) is 0 Å². The van der Waals surface area contributed by atoms with E-state index in [0.717, 1.165) is 17.9 Å². The Morgan fingerprint density at radius 3 is 2.89 bits per heavy atom. The van der Waals surface area contributed by atoms with Crippen molar-refractivity contribution in [2.75, 3.05) is 6.54 Å². The van der Waals surface area contributed by atoms with Crippen molar-refractivity contribution in [2.45, 2.75) is 25.8 Å². The minimum atomic E-state index is 0.359. The summed E-state index contributed by atoms with van der Waals surface area (Å²) in [4.78, 5) is 4.10. The first-order chi connectivity index (χ1) is 8.70. The highest BCUT2D eigenvalue weighted by Crippen LogP contribution is 2.22. The summed E-state index contributed by atoms with van der Waals surface area (Å²) in [7, 11) is 0. The minimum Gasteiger partial charge on any atom is -0.334 e. The Morgan fingerprint density at radius 2 is 2.28 bits per heavy atom. The number of halogens is 1. The molecule has 2 rings (SSSR count). The first-order valence-electron chi connectivity index (χ1n) is 6.13. The summed E-state index contributed by atoms with van der Waals surface area (Å²) < 4.78 is 2.13. The Morgan fingerprint density at radius 1 is 1.44 bits per heavy atom. The number of aromatic nitrogens is 2. The van der Waals surface area contributed by atoms with Gasteiger partial charge in [0.2, 0.25) is 0 Å². The van der Waals surface area contributed by atoms with Gasteiger partial charge in [-0.2, -0.15) is 0 Å². The monoisotopic (exact) mass is 263 g/mol. The standard InChI is InChI=1S/C14H18ClN3/c1-11-8-13(15)3-2-12(11)9-14(4-5-16)18-7-6-17-10-18/h2-3,6-8,10,14H,4-5,9,16H2,1H3. The van der Waals surface area contributed by atoms with Gasteiger partial charge in [0, 0.05) is 23.5 Å². The molecule has 0 fully saturated rings. The third-order valence-electron chi connectivity index (χ3n) is 3.21. The van der Waals surface area contributed by atoms with Gasteiger partial charge in [-0.05, 0) is 49.6 Å². The lowest BCUT2D eigenvalue weighted by molar-refractivity contribution is 0.468. The fourth-order valence-corrected chi connectivity index (χ4v) is 2.40. The van der Waals surface area contributed by atoms with Crippen LogP contribution in [0, 0.1) is 6.92 Å². The zero-order valence-corrected chi connectivity index (χ0v) is 11.3. The van der Waals surface area contributed by atoms with Gasteiger partial charge in [-0.1, -0.05) is 17.7 Å². The van der Waals surface area contributed by atoms with Crippen molar-refractivity contribution in [3.05, 3.63) is 53.1 Å². The van der Waals surface area contributed by atoms with Crippen LogP contribution in [-0.2, 0) is 6.42 Å². The van der Waals surface area contributed by atoms with E-state index in [2.05, 4.69) is 22.5 Å². The second kappa shape index (κ2) is 6.03. The van der Waals surface area contributed by atoms with E-state index in [9.17, 15) is 0 Å². The van der Waals surface area contributed by atoms with E-state index in [1.54, 1.807) is 6.20 Å². The van der Waals surface area contributed by atoms with E-state index < -0.39 is 0 Å². The quantitative estimate of drug-likeness (QED) is 0.901. The van der Waals surface area contributed by atoms with Crippen molar-refractivity contribution in [3.8, 4) is 0 Å². The number of hydrogen-bond acceptors (Lipinski definition) is 2. The minimum absolute atomic E-state index is 0.359. The van der Waals surface area contributed by atoms with Crippen LogP contribution in [0.4, 0.5) is 0 Å². The van der Waals surface area contributed by atoms with Crippen LogP contribution in [0.3, 0.4) is 0 Å². The summed E-state index contributed by atoms with van der Waals surface area (Å²) in [5, 5.41) is 0.786. The molecule has 0 aliphatic rings. The predicted molar refractivity (Wildman–Crippen MR) is 74.8 cm³/mol. The fraction of sp³-hybridized carbons (Fsp3) is 0.357. The van der Waals surface area contributed by atoms with Crippen LogP contribution < -0.4 is 5.73 Å². The maximum Gasteiger partial charge on any atom is 0.0948 e. The first kappa shape index (κ1) is 13.1. The van der Waals surface area contributed by atoms with Crippen LogP contribution in [0.15, 0.2) is 36.9 Å². The molecule has 0 bridgehead atoms. The Labute approximate surface area is 113 Å². The van der Waals surface area contributed by atoms with E-state index in [1.807, 2.05) is 24.7 Å². The molecule has 0 spiro atoms. The smallest absolute Gasteiger partial charge is 0.0948 e. The van der Waals surface area contributed by atoms with Gasteiger partial charge < -0.3 is 10.3 Å². The molecule has 18 heavy (non-hydrogen) atoms. The zero-order valence-electron chi connectivity index (χ0n) is 10.5. The van der Waals surface area contributed by atoms with Crippen LogP contribution in [0.5, 0.6) is 0 Å². The lowest BCUT2D eigenvalue weighted by Crippen LogP contribution is -2.15. The van der Waals surface area contributed by atoms with E-state index >= 15 is 0 Å². The second-order valence-electron chi connectivity index (χ2n) is 4.52. The molecule has 96 valence electrons. The summed E-state index contributed by atoms with van der Waals surface area (Å²) >= 11 is 5.98. The Kier molecular flexibility index (Phi) is 4.39. The molecule has 1 aromatic carbocycles. The molecule has 1 heterocycles. The number of nitrogens with zero attached hydrogens (tertiary/aromatic N) is 2. The lowest BCUT2D eigenvalue weighted by atomic mass is 9.99. The van der Waals surface area contributed by atoms with Gasteiger partial charge >= 0.3 is 0 Å². The highest BCUT2D eigenvalue weighted by Gasteiger charge is 2.12. The molecule has 0 aliphatic heterocycles. The van der Waals surface area contributed by atoms with Crippen molar-refractivity contribution >= 4 is 11.6 Å². The van der Waals surface area contributed by atoms with Crippen molar-refractivity contribution in [2.24, 2.45) is 5.73 Å². The number of nitrogens with two attached hydrogens (primary N) is 1. The third kappa shape index (κ3) is 3.12. The van der Waals surface area contributed by atoms with E-state index in [4.69, 9.17) is 17.3 Å². The van der Waals surface area contributed by atoms with E-state index in [0.29, 0.717) is 12.6 Å². The molecular formula is C14H18ClN3. The molecule has 3 nitrogen and oxygen atoms in total. The van der Waals surface area contributed by atoms with Gasteiger partial charge in [0.1, 0.15) is 0 Å². The van der Waals surface area contributed by atoms with Gasteiger partial charge in [0.05, 0.1) is 6.33 Å². The van der Waals surface area contributed by atoms with Crippen LogP contribution in [-0.4, -0.2) is 16.1 Å².